The van der Waals surface area contributed by atoms with Gasteiger partial charge in [-0.2, -0.15) is 5.10 Å². The Labute approximate surface area is 151 Å². The van der Waals surface area contributed by atoms with Gasteiger partial charge in [0.25, 0.3) is 0 Å². The lowest BCUT2D eigenvalue weighted by Crippen LogP contribution is -2.47. The maximum absolute atomic E-state index is 12.4. The summed E-state index contributed by atoms with van der Waals surface area (Å²) in [5.41, 5.74) is 2.71. The Bertz CT molecular complexity index is 462. The molecule has 1 N–H and O–H groups in total. The average Bonchev–Trinajstić information content (AvgIpc) is 2.62. The summed E-state index contributed by atoms with van der Waals surface area (Å²) < 4.78 is 17.0. The van der Waals surface area contributed by atoms with Gasteiger partial charge in [-0.05, 0) is 25.7 Å². The van der Waals surface area contributed by atoms with Gasteiger partial charge in [0, 0.05) is 24.1 Å². The quantitative estimate of drug-likeness (QED) is 0.444. The van der Waals surface area contributed by atoms with Crippen LogP contribution in [0.25, 0.3) is 0 Å². The summed E-state index contributed by atoms with van der Waals surface area (Å²) in [5.74, 6) is 0.110. The number of methoxy groups -OCH3 is 1. The van der Waals surface area contributed by atoms with Gasteiger partial charge in [-0.15, -0.1) is 0 Å². The van der Waals surface area contributed by atoms with Crippen LogP contribution in [0.2, 0.25) is 0 Å². The van der Waals surface area contributed by atoms with Crippen molar-refractivity contribution < 1.29 is 19.0 Å². The zero-order valence-corrected chi connectivity index (χ0v) is 15.7. The maximum atomic E-state index is 12.4. The number of carbonyl (C=O) groups excluding carboxylic acids is 1. The molecule has 2 saturated carbocycles. The zero-order valence-electron chi connectivity index (χ0n) is 14.2. The van der Waals surface area contributed by atoms with Crippen molar-refractivity contribution in [2.75, 3.05) is 20.3 Å². The summed E-state index contributed by atoms with van der Waals surface area (Å²) in [6.45, 7) is 1.34. The second-order valence-electron chi connectivity index (χ2n) is 6.89. The topological polar surface area (TPSA) is 69.2 Å². The number of fused-ring (bicyclic) bond motifs is 1. The van der Waals surface area contributed by atoms with Gasteiger partial charge >= 0.3 is 0 Å². The molecule has 2 aliphatic carbocycles. The number of halogens is 1. The third-order valence-electron chi connectivity index (χ3n) is 5.37. The van der Waals surface area contributed by atoms with Crippen LogP contribution in [0.15, 0.2) is 5.10 Å². The van der Waals surface area contributed by atoms with Gasteiger partial charge in [0.15, 0.2) is 0 Å². The highest BCUT2D eigenvalue weighted by Crippen LogP contribution is 2.34. The maximum Gasteiger partial charge on any atom is 0.245 e. The van der Waals surface area contributed by atoms with E-state index in [4.69, 9.17) is 14.2 Å². The first-order valence-electron chi connectivity index (χ1n) is 8.92. The Morgan fingerprint density at radius 2 is 1.92 bits per heavy atom. The van der Waals surface area contributed by atoms with Crippen molar-refractivity contribution >= 4 is 28.1 Å². The van der Waals surface area contributed by atoms with Crippen LogP contribution in [0.1, 0.15) is 38.5 Å². The number of ether oxygens (including phenoxy) is 3. The van der Waals surface area contributed by atoms with E-state index in [1.165, 1.54) is 0 Å². The summed E-state index contributed by atoms with van der Waals surface area (Å²) >= 11 is 3.72. The molecule has 7 heteroatoms. The van der Waals surface area contributed by atoms with Crippen LogP contribution in [-0.2, 0) is 19.0 Å². The van der Waals surface area contributed by atoms with Gasteiger partial charge < -0.3 is 14.2 Å². The molecular weight excluding hydrogens is 376 g/mol. The minimum atomic E-state index is -0.0912. The molecule has 1 aliphatic heterocycles. The third kappa shape index (κ3) is 4.36. The fraction of sp³-hybridized carbons (Fsp3) is 0.882. The van der Waals surface area contributed by atoms with Gasteiger partial charge in [0.05, 0.1) is 37.4 Å². The van der Waals surface area contributed by atoms with E-state index in [2.05, 4.69) is 26.5 Å². The van der Waals surface area contributed by atoms with Crippen molar-refractivity contribution in [1.29, 1.82) is 0 Å². The van der Waals surface area contributed by atoms with Crippen LogP contribution in [-0.4, -0.2) is 55.6 Å². The molecule has 0 radical (unpaired) electrons. The van der Waals surface area contributed by atoms with E-state index in [1.54, 1.807) is 7.11 Å². The van der Waals surface area contributed by atoms with E-state index < -0.39 is 0 Å². The predicted molar refractivity (Wildman–Crippen MR) is 94.3 cm³/mol. The Balaban J connectivity index is 1.50. The first kappa shape index (κ1) is 18.3. The van der Waals surface area contributed by atoms with Crippen LogP contribution >= 0.6 is 15.9 Å². The zero-order chi connectivity index (χ0) is 16.9. The molecule has 6 unspecified atom stereocenters. The lowest BCUT2D eigenvalue weighted by molar-refractivity contribution is -0.155. The summed E-state index contributed by atoms with van der Waals surface area (Å²) in [5, 5.41) is 4.22. The molecule has 6 nitrogen and oxygen atoms in total. The monoisotopic (exact) mass is 402 g/mol. The van der Waals surface area contributed by atoms with E-state index in [0.717, 1.165) is 38.5 Å². The number of carbonyl (C=O) groups is 1. The van der Waals surface area contributed by atoms with Crippen molar-refractivity contribution in [2.24, 2.45) is 16.9 Å². The van der Waals surface area contributed by atoms with Gasteiger partial charge in [-0.1, -0.05) is 28.8 Å². The van der Waals surface area contributed by atoms with E-state index in [9.17, 15) is 4.79 Å². The molecule has 0 bridgehead atoms. The largest absolute Gasteiger partial charge is 0.381 e. The number of nitrogens with zero attached hydrogens (tertiary/aromatic N) is 1. The molecule has 0 aromatic rings. The Morgan fingerprint density at radius 3 is 2.67 bits per heavy atom. The van der Waals surface area contributed by atoms with Gasteiger partial charge in [0.1, 0.15) is 0 Å². The molecular formula is C17H27BrN2O4. The first-order valence-corrected chi connectivity index (χ1v) is 9.83. The summed E-state index contributed by atoms with van der Waals surface area (Å²) in [7, 11) is 1.68. The molecule has 0 aromatic carbocycles. The van der Waals surface area contributed by atoms with Crippen molar-refractivity contribution in [1.82, 2.24) is 5.43 Å². The molecule has 136 valence electrons. The second kappa shape index (κ2) is 8.74. The molecule has 0 spiro atoms. The van der Waals surface area contributed by atoms with Crippen LogP contribution < -0.4 is 5.43 Å². The summed E-state index contributed by atoms with van der Waals surface area (Å²) in [6, 6.07) is 0. The number of amides is 1. The van der Waals surface area contributed by atoms with Gasteiger partial charge in [0.2, 0.25) is 5.91 Å². The minimum absolute atomic E-state index is 0.0149. The molecule has 0 aromatic heterocycles. The number of nitrogens with one attached hydrogen (secondary N) is 1. The standard InChI is InChI=1S/C17H27BrN2O4/c1-22-14-5-3-2-4-12(14)17(21)20-19-10-11-8-15-16(9-13(11)18)24-7-6-23-15/h10-16H,2-9H2,1H3,(H,20,21)/b19-10+. The van der Waals surface area contributed by atoms with Crippen LogP contribution in [0.3, 0.4) is 0 Å². The lowest BCUT2D eigenvalue weighted by Gasteiger charge is -2.40. The van der Waals surface area contributed by atoms with Gasteiger partial charge in [-0.3, -0.25) is 4.79 Å². The van der Waals surface area contributed by atoms with E-state index in [0.29, 0.717) is 18.0 Å². The molecule has 24 heavy (non-hydrogen) atoms. The third-order valence-corrected chi connectivity index (χ3v) is 6.42. The molecule has 3 rings (SSSR count). The molecule has 6 atom stereocenters. The highest BCUT2D eigenvalue weighted by atomic mass is 79.9. The summed E-state index contributed by atoms with van der Waals surface area (Å²) in [6.07, 6.45) is 7.97. The van der Waals surface area contributed by atoms with E-state index in [1.807, 2.05) is 6.21 Å². The Hall–Kier alpha value is -0.500. The smallest absolute Gasteiger partial charge is 0.245 e. The molecule has 1 saturated heterocycles. The van der Waals surface area contributed by atoms with Crippen molar-refractivity contribution in [3.8, 4) is 0 Å². The normalized spacial score (nSPS) is 40.2. The lowest BCUT2D eigenvalue weighted by atomic mass is 9.85. The van der Waals surface area contributed by atoms with Crippen molar-refractivity contribution in [2.45, 2.75) is 61.7 Å². The number of hydrazone groups is 1. The second-order valence-corrected chi connectivity index (χ2v) is 8.07. The molecule has 3 aliphatic rings. The number of rotatable bonds is 4. The molecule has 1 amide bonds. The SMILES string of the molecule is COC1CCCCC1C(=O)N/N=C/C1CC2OCCOC2CC1Br. The van der Waals surface area contributed by atoms with E-state index in [-0.39, 0.29) is 36.1 Å². The van der Waals surface area contributed by atoms with Crippen molar-refractivity contribution in [3.63, 3.8) is 0 Å². The van der Waals surface area contributed by atoms with Gasteiger partial charge in [-0.25, -0.2) is 5.43 Å². The van der Waals surface area contributed by atoms with Crippen LogP contribution in [0, 0.1) is 11.8 Å². The Kier molecular flexibility index (Phi) is 6.66. The fourth-order valence-electron chi connectivity index (χ4n) is 3.98. The summed E-state index contributed by atoms with van der Waals surface area (Å²) in [4.78, 5) is 12.7. The van der Waals surface area contributed by atoms with Crippen LogP contribution in [0.5, 0.6) is 0 Å². The van der Waals surface area contributed by atoms with Crippen molar-refractivity contribution in [3.05, 3.63) is 0 Å². The first-order chi connectivity index (χ1) is 11.7. The fourth-order valence-corrected chi connectivity index (χ4v) is 4.70. The molecule has 1 heterocycles. The van der Waals surface area contributed by atoms with Crippen LogP contribution in [0.4, 0.5) is 0 Å². The average molecular weight is 403 g/mol. The van der Waals surface area contributed by atoms with E-state index >= 15 is 0 Å². The predicted octanol–water partition coefficient (Wildman–Crippen LogP) is 2.25. The number of hydrogen-bond acceptors (Lipinski definition) is 5. The minimum Gasteiger partial charge on any atom is -0.381 e. The molecule has 3 fully saturated rings. The Morgan fingerprint density at radius 1 is 1.21 bits per heavy atom. The number of alkyl halides is 1. The number of hydrogen-bond donors (Lipinski definition) is 1. The highest BCUT2D eigenvalue weighted by Gasteiger charge is 2.38. The highest BCUT2D eigenvalue weighted by molar-refractivity contribution is 9.09.